The van der Waals surface area contributed by atoms with Crippen LogP contribution in [0.25, 0.3) is 0 Å². The molecule has 8 heteroatoms. The zero-order valence-corrected chi connectivity index (χ0v) is 16.3. The molecule has 2 N–H and O–H groups in total. The van der Waals surface area contributed by atoms with Gasteiger partial charge in [0.1, 0.15) is 10.7 Å². The molecular formula is C20H16ClFN2O3S. The molecule has 0 aliphatic rings. The largest absolute Gasteiger partial charge is 0.319 e. The standard InChI is InChI=1S/C20H16ClFN2O3S/c1-13-6-9-15(10-7-13)24-28(26,27)19-12-14(8-11-16(19)21)20(25)23-18-5-3-2-4-17(18)22/h2-12,24H,1H3,(H,23,25). The predicted octanol–water partition coefficient (Wildman–Crippen LogP) is 4.84. The second-order valence-corrected chi connectivity index (χ2v) is 8.11. The molecule has 3 rings (SSSR count). The fourth-order valence-corrected chi connectivity index (χ4v) is 4.02. The summed E-state index contributed by atoms with van der Waals surface area (Å²) in [4.78, 5) is 12.2. The maximum absolute atomic E-state index is 13.7. The number of sulfonamides is 1. The zero-order chi connectivity index (χ0) is 20.3. The molecule has 0 saturated heterocycles. The maximum Gasteiger partial charge on any atom is 0.263 e. The number of aryl methyl sites for hydroxylation is 1. The van der Waals surface area contributed by atoms with Gasteiger partial charge in [-0.1, -0.05) is 41.4 Å². The lowest BCUT2D eigenvalue weighted by molar-refractivity contribution is 0.102. The van der Waals surface area contributed by atoms with E-state index < -0.39 is 21.7 Å². The number of hydrogen-bond acceptors (Lipinski definition) is 3. The van der Waals surface area contributed by atoms with Gasteiger partial charge in [0.2, 0.25) is 0 Å². The minimum Gasteiger partial charge on any atom is -0.319 e. The SMILES string of the molecule is Cc1ccc(NS(=O)(=O)c2cc(C(=O)Nc3ccccc3F)ccc2Cl)cc1. The topological polar surface area (TPSA) is 75.3 Å². The van der Waals surface area contributed by atoms with Gasteiger partial charge in [-0.3, -0.25) is 9.52 Å². The molecule has 0 fully saturated rings. The number of rotatable bonds is 5. The first-order valence-electron chi connectivity index (χ1n) is 8.21. The molecule has 0 aliphatic heterocycles. The van der Waals surface area contributed by atoms with Crippen molar-refractivity contribution in [2.24, 2.45) is 0 Å². The van der Waals surface area contributed by atoms with Crippen LogP contribution in [0.1, 0.15) is 15.9 Å². The summed E-state index contributed by atoms with van der Waals surface area (Å²) in [6.45, 7) is 1.88. The van der Waals surface area contributed by atoms with E-state index in [1.807, 2.05) is 6.92 Å². The minimum absolute atomic E-state index is 0.00959. The van der Waals surface area contributed by atoms with Crippen LogP contribution in [-0.2, 0) is 10.0 Å². The quantitative estimate of drug-likeness (QED) is 0.622. The molecule has 0 atom stereocenters. The van der Waals surface area contributed by atoms with E-state index in [4.69, 9.17) is 11.6 Å². The van der Waals surface area contributed by atoms with Crippen molar-refractivity contribution < 1.29 is 17.6 Å². The molecule has 0 bridgehead atoms. The van der Waals surface area contributed by atoms with Gasteiger partial charge in [0, 0.05) is 11.3 Å². The lowest BCUT2D eigenvalue weighted by Crippen LogP contribution is -2.17. The Morgan fingerprint density at radius 2 is 1.68 bits per heavy atom. The summed E-state index contributed by atoms with van der Waals surface area (Å²) in [5.41, 5.74) is 1.36. The van der Waals surface area contributed by atoms with Crippen molar-refractivity contribution in [1.82, 2.24) is 0 Å². The molecule has 0 heterocycles. The van der Waals surface area contributed by atoms with E-state index >= 15 is 0 Å². The lowest BCUT2D eigenvalue weighted by atomic mass is 10.2. The normalized spacial score (nSPS) is 11.1. The predicted molar refractivity (Wildman–Crippen MR) is 108 cm³/mol. The van der Waals surface area contributed by atoms with Gasteiger partial charge in [0.05, 0.1) is 10.7 Å². The number of anilines is 2. The summed E-state index contributed by atoms with van der Waals surface area (Å²) in [5.74, 6) is -1.26. The number of carbonyl (C=O) groups excluding carboxylic acids is 1. The Balaban J connectivity index is 1.89. The van der Waals surface area contributed by atoms with Gasteiger partial charge in [-0.05, 0) is 49.4 Å². The van der Waals surface area contributed by atoms with E-state index in [9.17, 15) is 17.6 Å². The number of carbonyl (C=O) groups is 1. The van der Waals surface area contributed by atoms with Crippen LogP contribution in [0.5, 0.6) is 0 Å². The van der Waals surface area contributed by atoms with Gasteiger partial charge in [-0.15, -0.1) is 0 Å². The van der Waals surface area contributed by atoms with Crippen molar-refractivity contribution in [2.75, 3.05) is 10.0 Å². The molecule has 3 aromatic rings. The number of nitrogens with one attached hydrogen (secondary N) is 2. The molecule has 0 radical (unpaired) electrons. The van der Waals surface area contributed by atoms with E-state index in [1.165, 1.54) is 30.3 Å². The molecule has 0 aliphatic carbocycles. The molecular weight excluding hydrogens is 403 g/mol. The molecule has 5 nitrogen and oxygen atoms in total. The van der Waals surface area contributed by atoms with Crippen molar-refractivity contribution in [3.8, 4) is 0 Å². The third-order valence-electron chi connectivity index (χ3n) is 3.91. The molecule has 0 spiro atoms. The van der Waals surface area contributed by atoms with Crippen LogP contribution in [0.2, 0.25) is 5.02 Å². The van der Waals surface area contributed by atoms with E-state index in [-0.39, 0.29) is 21.2 Å². The van der Waals surface area contributed by atoms with Gasteiger partial charge >= 0.3 is 0 Å². The second-order valence-electron chi connectivity index (χ2n) is 6.05. The van der Waals surface area contributed by atoms with Crippen LogP contribution in [0.4, 0.5) is 15.8 Å². The van der Waals surface area contributed by atoms with Crippen LogP contribution in [0.3, 0.4) is 0 Å². The number of hydrogen-bond donors (Lipinski definition) is 2. The summed E-state index contributed by atoms with van der Waals surface area (Å²) >= 11 is 6.05. The Morgan fingerprint density at radius 1 is 1.00 bits per heavy atom. The van der Waals surface area contributed by atoms with Crippen molar-refractivity contribution in [3.63, 3.8) is 0 Å². The van der Waals surface area contributed by atoms with E-state index in [0.717, 1.165) is 11.6 Å². The third-order valence-corrected chi connectivity index (χ3v) is 5.77. The second kappa shape index (κ2) is 8.00. The molecule has 0 unspecified atom stereocenters. The summed E-state index contributed by atoms with van der Waals surface area (Å²) in [5, 5.41) is 2.37. The molecule has 28 heavy (non-hydrogen) atoms. The fraction of sp³-hybridized carbons (Fsp3) is 0.0500. The first-order valence-corrected chi connectivity index (χ1v) is 10.1. The number of halogens is 2. The smallest absolute Gasteiger partial charge is 0.263 e. The average Bonchev–Trinajstić information content (AvgIpc) is 2.65. The molecule has 3 aromatic carbocycles. The lowest BCUT2D eigenvalue weighted by Gasteiger charge is -2.12. The van der Waals surface area contributed by atoms with Gasteiger partial charge in [-0.25, -0.2) is 12.8 Å². The van der Waals surface area contributed by atoms with Crippen LogP contribution < -0.4 is 10.0 Å². The summed E-state index contributed by atoms with van der Waals surface area (Å²) in [7, 11) is -4.03. The maximum atomic E-state index is 13.7. The highest BCUT2D eigenvalue weighted by atomic mass is 35.5. The molecule has 0 saturated carbocycles. The minimum atomic E-state index is -4.03. The summed E-state index contributed by atoms with van der Waals surface area (Å²) in [6, 6.07) is 16.3. The highest BCUT2D eigenvalue weighted by Crippen LogP contribution is 2.26. The Hall–Kier alpha value is -2.90. The Bertz CT molecular complexity index is 1130. The van der Waals surface area contributed by atoms with Gasteiger partial charge in [0.15, 0.2) is 0 Å². The van der Waals surface area contributed by atoms with Crippen LogP contribution in [0.15, 0.2) is 71.6 Å². The van der Waals surface area contributed by atoms with Gasteiger partial charge in [0.25, 0.3) is 15.9 Å². The number of para-hydroxylation sites is 1. The van der Waals surface area contributed by atoms with Crippen molar-refractivity contribution in [2.45, 2.75) is 11.8 Å². The average molecular weight is 419 g/mol. The molecule has 1 amide bonds. The monoisotopic (exact) mass is 418 g/mol. The van der Waals surface area contributed by atoms with Crippen LogP contribution >= 0.6 is 11.6 Å². The zero-order valence-electron chi connectivity index (χ0n) is 14.7. The third kappa shape index (κ3) is 4.49. The van der Waals surface area contributed by atoms with Gasteiger partial charge < -0.3 is 5.32 Å². The van der Waals surface area contributed by atoms with Crippen molar-refractivity contribution >= 4 is 38.9 Å². The highest BCUT2D eigenvalue weighted by molar-refractivity contribution is 7.92. The summed E-state index contributed by atoms with van der Waals surface area (Å²) < 4.78 is 41.6. The molecule has 0 aromatic heterocycles. The first-order chi connectivity index (χ1) is 13.3. The fourth-order valence-electron chi connectivity index (χ4n) is 2.44. The van der Waals surface area contributed by atoms with E-state index in [2.05, 4.69) is 10.0 Å². The first kappa shape index (κ1) is 19.9. The van der Waals surface area contributed by atoms with Crippen LogP contribution in [-0.4, -0.2) is 14.3 Å². The highest BCUT2D eigenvalue weighted by Gasteiger charge is 2.21. The van der Waals surface area contributed by atoms with Crippen LogP contribution in [0, 0.1) is 12.7 Å². The molecule has 144 valence electrons. The Morgan fingerprint density at radius 3 is 2.36 bits per heavy atom. The number of amides is 1. The van der Waals surface area contributed by atoms with Gasteiger partial charge in [-0.2, -0.15) is 0 Å². The Kier molecular flexibility index (Phi) is 5.67. The van der Waals surface area contributed by atoms with E-state index in [0.29, 0.717) is 5.69 Å². The van der Waals surface area contributed by atoms with Crippen molar-refractivity contribution in [1.29, 1.82) is 0 Å². The Labute approximate surface area is 167 Å². The van der Waals surface area contributed by atoms with E-state index in [1.54, 1.807) is 30.3 Å². The summed E-state index contributed by atoms with van der Waals surface area (Å²) in [6.07, 6.45) is 0. The number of benzene rings is 3. The van der Waals surface area contributed by atoms with Crippen molar-refractivity contribution in [3.05, 3.63) is 88.7 Å².